The van der Waals surface area contributed by atoms with Crippen molar-refractivity contribution in [1.82, 2.24) is 10.2 Å². The van der Waals surface area contributed by atoms with E-state index in [-0.39, 0.29) is 5.91 Å². The summed E-state index contributed by atoms with van der Waals surface area (Å²) in [7, 11) is 0. The summed E-state index contributed by atoms with van der Waals surface area (Å²) >= 11 is 0. The van der Waals surface area contributed by atoms with E-state index in [0.717, 1.165) is 32.5 Å². The SMILES string of the molecule is CC1CCC(CN)CN1C1CCCNC(=O)C1. The summed E-state index contributed by atoms with van der Waals surface area (Å²) in [5, 5.41) is 2.96. The summed E-state index contributed by atoms with van der Waals surface area (Å²) in [6.45, 7) is 4.99. The monoisotopic (exact) mass is 239 g/mol. The second-order valence-corrected chi connectivity index (χ2v) is 5.58. The maximum absolute atomic E-state index is 11.6. The van der Waals surface area contributed by atoms with Gasteiger partial charge in [-0.05, 0) is 45.1 Å². The number of piperidine rings is 1. The van der Waals surface area contributed by atoms with Crippen molar-refractivity contribution < 1.29 is 4.79 Å². The maximum Gasteiger partial charge on any atom is 0.221 e. The fourth-order valence-electron chi connectivity index (χ4n) is 3.15. The Morgan fingerprint density at radius 1 is 1.41 bits per heavy atom. The van der Waals surface area contributed by atoms with Gasteiger partial charge < -0.3 is 11.1 Å². The molecule has 0 bridgehead atoms. The van der Waals surface area contributed by atoms with Gasteiger partial charge in [-0.25, -0.2) is 0 Å². The Balaban J connectivity index is 1.99. The minimum absolute atomic E-state index is 0.217. The lowest BCUT2D eigenvalue weighted by molar-refractivity contribution is -0.122. The zero-order valence-electron chi connectivity index (χ0n) is 10.8. The Morgan fingerprint density at radius 3 is 3.00 bits per heavy atom. The molecule has 3 unspecified atom stereocenters. The van der Waals surface area contributed by atoms with Crippen LogP contribution in [0.5, 0.6) is 0 Å². The van der Waals surface area contributed by atoms with Crippen LogP contribution in [0.25, 0.3) is 0 Å². The number of likely N-dealkylation sites (tertiary alicyclic amines) is 1. The molecule has 2 fully saturated rings. The number of hydrogen-bond acceptors (Lipinski definition) is 3. The van der Waals surface area contributed by atoms with Gasteiger partial charge in [-0.2, -0.15) is 0 Å². The van der Waals surface area contributed by atoms with Gasteiger partial charge in [0.15, 0.2) is 0 Å². The second-order valence-electron chi connectivity index (χ2n) is 5.58. The van der Waals surface area contributed by atoms with Crippen LogP contribution in [0.3, 0.4) is 0 Å². The second kappa shape index (κ2) is 5.83. The molecule has 0 aromatic heterocycles. The molecule has 0 radical (unpaired) electrons. The van der Waals surface area contributed by atoms with Crippen LogP contribution in [-0.4, -0.2) is 42.5 Å². The van der Waals surface area contributed by atoms with Crippen LogP contribution in [0.1, 0.15) is 39.0 Å². The molecule has 3 N–H and O–H groups in total. The third-order valence-electron chi connectivity index (χ3n) is 4.29. The molecule has 2 aliphatic heterocycles. The summed E-state index contributed by atoms with van der Waals surface area (Å²) in [6, 6.07) is 1.04. The first-order valence-electron chi connectivity index (χ1n) is 6.93. The minimum Gasteiger partial charge on any atom is -0.356 e. The average Bonchev–Trinajstić information content (AvgIpc) is 2.54. The van der Waals surface area contributed by atoms with Gasteiger partial charge in [-0.3, -0.25) is 9.69 Å². The van der Waals surface area contributed by atoms with E-state index in [1.165, 1.54) is 12.8 Å². The smallest absolute Gasteiger partial charge is 0.221 e. The molecule has 2 heterocycles. The Morgan fingerprint density at radius 2 is 2.24 bits per heavy atom. The van der Waals surface area contributed by atoms with Gasteiger partial charge in [-0.1, -0.05) is 0 Å². The van der Waals surface area contributed by atoms with Crippen LogP contribution < -0.4 is 11.1 Å². The zero-order valence-corrected chi connectivity index (χ0v) is 10.8. The molecule has 4 heteroatoms. The highest BCUT2D eigenvalue weighted by atomic mass is 16.1. The lowest BCUT2D eigenvalue weighted by Crippen LogP contribution is -2.49. The fourth-order valence-corrected chi connectivity index (χ4v) is 3.15. The van der Waals surface area contributed by atoms with E-state index in [0.29, 0.717) is 24.4 Å². The highest BCUT2D eigenvalue weighted by molar-refractivity contribution is 5.76. The van der Waals surface area contributed by atoms with Crippen molar-refractivity contribution in [3.8, 4) is 0 Å². The van der Waals surface area contributed by atoms with Crippen LogP contribution in [0.2, 0.25) is 0 Å². The highest BCUT2D eigenvalue weighted by Gasteiger charge is 2.31. The quantitative estimate of drug-likeness (QED) is 0.746. The van der Waals surface area contributed by atoms with Gasteiger partial charge in [0.2, 0.25) is 5.91 Å². The summed E-state index contributed by atoms with van der Waals surface area (Å²) < 4.78 is 0. The molecule has 0 aliphatic carbocycles. The van der Waals surface area contributed by atoms with E-state index >= 15 is 0 Å². The van der Waals surface area contributed by atoms with Crippen LogP contribution >= 0.6 is 0 Å². The van der Waals surface area contributed by atoms with Crippen molar-refractivity contribution in [3.05, 3.63) is 0 Å². The van der Waals surface area contributed by atoms with Gasteiger partial charge in [0.25, 0.3) is 0 Å². The number of rotatable bonds is 2. The number of carbonyl (C=O) groups excluding carboxylic acids is 1. The molecule has 98 valence electrons. The topological polar surface area (TPSA) is 58.4 Å². The fraction of sp³-hybridized carbons (Fsp3) is 0.923. The third kappa shape index (κ3) is 3.19. The first kappa shape index (κ1) is 12.8. The molecular formula is C13H25N3O. The van der Waals surface area contributed by atoms with Gasteiger partial charge in [-0.15, -0.1) is 0 Å². The molecule has 1 amide bonds. The van der Waals surface area contributed by atoms with E-state index in [1.54, 1.807) is 0 Å². The molecular weight excluding hydrogens is 214 g/mol. The normalized spacial score (nSPS) is 36.4. The molecule has 0 spiro atoms. The number of nitrogens with one attached hydrogen (secondary N) is 1. The minimum atomic E-state index is 0.217. The van der Waals surface area contributed by atoms with Gasteiger partial charge in [0, 0.05) is 31.6 Å². The van der Waals surface area contributed by atoms with E-state index in [2.05, 4.69) is 17.1 Å². The lowest BCUT2D eigenvalue weighted by atomic mass is 9.90. The van der Waals surface area contributed by atoms with Crippen molar-refractivity contribution in [2.45, 2.75) is 51.1 Å². The summed E-state index contributed by atoms with van der Waals surface area (Å²) in [4.78, 5) is 14.2. The third-order valence-corrected chi connectivity index (χ3v) is 4.29. The Kier molecular flexibility index (Phi) is 4.40. The first-order valence-corrected chi connectivity index (χ1v) is 6.93. The maximum atomic E-state index is 11.6. The lowest BCUT2D eigenvalue weighted by Gasteiger charge is -2.42. The van der Waals surface area contributed by atoms with Crippen molar-refractivity contribution in [2.24, 2.45) is 11.7 Å². The number of carbonyl (C=O) groups is 1. The number of nitrogens with two attached hydrogens (primary N) is 1. The molecule has 2 rings (SSSR count). The number of nitrogens with zero attached hydrogens (tertiary/aromatic N) is 1. The van der Waals surface area contributed by atoms with E-state index in [4.69, 9.17) is 5.73 Å². The van der Waals surface area contributed by atoms with Crippen LogP contribution in [0.4, 0.5) is 0 Å². The molecule has 2 saturated heterocycles. The molecule has 0 saturated carbocycles. The Bertz CT molecular complexity index is 269. The Labute approximate surface area is 104 Å². The van der Waals surface area contributed by atoms with E-state index in [9.17, 15) is 4.79 Å². The molecule has 0 aromatic carbocycles. The van der Waals surface area contributed by atoms with E-state index < -0.39 is 0 Å². The summed E-state index contributed by atoms with van der Waals surface area (Å²) in [5.74, 6) is 0.840. The molecule has 17 heavy (non-hydrogen) atoms. The molecule has 4 nitrogen and oxygen atoms in total. The van der Waals surface area contributed by atoms with Gasteiger partial charge >= 0.3 is 0 Å². The summed E-state index contributed by atoms with van der Waals surface area (Å²) in [5.41, 5.74) is 5.79. The van der Waals surface area contributed by atoms with Crippen molar-refractivity contribution in [2.75, 3.05) is 19.6 Å². The van der Waals surface area contributed by atoms with Gasteiger partial charge in [0.1, 0.15) is 0 Å². The molecule has 2 aliphatic rings. The van der Waals surface area contributed by atoms with Crippen LogP contribution in [0.15, 0.2) is 0 Å². The van der Waals surface area contributed by atoms with E-state index in [1.807, 2.05) is 0 Å². The number of hydrogen-bond donors (Lipinski definition) is 2. The van der Waals surface area contributed by atoms with Crippen molar-refractivity contribution in [1.29, 1.82) is 0 Å². The highest BCUT2D eigenvalue weighted by Crippen LogP contribution is 2.26. The summed E-state index contributed by atoms with van der Waals surface area (Å²) in [6.07, 6.45) is 5.38. The van der Waals surface area contributed by atoms with Crippen molar-refractivity contribution >= 4 is 5.91 Å². The van der Waals surface area contributed by atoms with Crippen LogP contribution in [-0.2, 0) is 4.79 Å². The van der Waals surface area contributed by atoms with Crippen molar-refractivity contribution in [3.63, 3.8) is 0 Å². The predicted octanol–water partition coefficient (Wildman–Crippen LogP) is 0.714. The standard InChI is InChI=1S/C13H25N3O/c1-10-4-5-11(8-14)9-16(10)12-3-2-6-15-13(17)7-12/h10-12H,2-9,14H2,1H3,(H,15,17). The molecule has 0 aromatic rings. The van der Waals surface area contributed by atoms with Crippen LogP contribution in [0, 0.1) is 5.92 Å². The van der Waals surface area contributed by atoms with Gasteiger partial charge in [0.05, 0.1) is 0 Å². The number of amides is 1. The average molecular weight is 239 g/mol. The Hall–Kier alpha value is -0.610. The predicted molar refractivity (Wildman–Crippen MR) is 68.6 cm³/mol. The zero-order chi connectivity index (χ0) is 12.3. The largest absolute Gasteiger partial charge is 0.356 e. The first-order chi connectivity index (χ1) is 8.20. The molecule has 3 atom stereocenters.